The third-order valence-corrected chi connectivity index (χ3v) is 6.34. The van der Waals surface area contributed by atoms with Gasteiger partial charge in [0.1, 0.15) is 23.9 Å². The Labute approximate surface area is 217 Å². The molecule has 2 heterocycles. The topological polar surface area (TPSA) is 88.5 Å². The fourth-order valence-electron chi connectivity index (χ4n) is 4.58. The Hall–Kier alpha value is -3.62. The average molecular weight is 507 g/mol. The number of rotatable bonds is 10. The number of Topliss-reactive ketones (excluding diaryl/α,β-unsaturated/α-hetero) is 1. The Morgan fingerprint density at radius 2 is 1.84 bits per heavy atom. The third-order valence-electron chi connectivity index (χ3n) is 6.34. The van der Waals surface area contributed by atoms with Crippen LogP contribution in [-0.2, 0) is 14.3 Å². The number of benzene rings is 2. The number of aliphatic hydroxyl groups is 1. The summed E-state index contributed by atoms with van der Waals surface area (Å²) in [4.78, 5) is 30.3. The molecule has 0 spiro atoms. The second-order valence-corrected chi connectivity index (χ2v) is 9.31. The van der Waals surface area contributed by atoms with Crippen molar-refractivity contribution in [2.45, 2.75) is 26.0 Å². The van der Waals surface area contributed by atoms with Crippen molar-refractivity contribution < 1.29 is 28.9 Å². The van der Waals surface area contributed by atoms with Crippen LogP contribution in [0.15, 0.2) is 66.8 Å². The standard InChI is InChI=1S/C29H34N2O6/c1-4-16-36-24-7-5-6-22(19-24)26-25(27(32)21-8-10-23(11-9-21)37-20(2)3)28(33)29(34)31(26)13-12-30-14-17-35-18-15-30/h4-11,19-20,26,32H,1,12-18H2,2-3H3/b27-25-. The number of amides is 1. The van der Waals surface area contributed by atoms with E-state index in [4.69, 9.17) is 14.2 Å². The summed E-state index contributed by atoms with van der Waals surface area (Å²) in [5, 5.41) is 11.3. The number of hydrogen-bond donors (Lipinski definition) is 1. The van der Waals surface area contributed by atoms with Gasteiger partial charge < -0.3 is 24.2 Å². The van der Waals surface area contributed by atoms with E-state index in [1.54, 1.807) is 47.4 Å². The van der Waals surface area contributed by atoms with Crippen molar-refractivity contribution in [3.8, 4) is 11.5 Å². The smallest absolute Gasteiger partial charge is 0.295 e. The van der Waals surface area contributed by atoms with Gasteiger partial charge in [-0.15, -0.1) is 0 Å². The number of morpholine rings is 1. The van der Waals surface area contributed by atoms with Gasteiger partial charge in [-0.2, -0.15) is 0 Å². The maximum absolute atomic E-state index is 13.3. The first kappa shape index (κ1) is 26.4. The Bertz CT molecular complexity index is 1150. The van der Waals surface area contributed by atoms with E-state index in [1.807, 2.05) is 26.0 Å². The van der Waals surface area contributed by atoms with Crippen molar-refractivity contribution >= 4 is 17.4 Å². The van der Waals surface area contributed by atoms with E-state index < -0.39 is 17.7 Å². The first-order chi connectivity index (χ1) is 17.9. The molecule has 8 heteroatoms. The zero-order valence-electron chi connectivity index (χ0n) is 21.4. The molecule has 0 saturated carbocycles. The van der Waals surface area contributed by atoms with Gasteiger partial charge in [-0.1, -0.05) is 24.8 Å². The highest BCUT2D eigenvalue weighted by Crippen LogP contribution is 2.40. The number of hydrogen-bond acceptors (Lipinski definition) is 7. The number of ether oxygens (including phenoxy) is 3. The summed E-state index contributed by atoms with van der Waals surface area (Å²) in [5.41, 5.74) is 1.18. The molecular formula is C29H34N2O6. The molecule has 37 heavy (non-hydrogen) atoms. The predicted octanol–water partition coefficient (Wildman–Crippen LogP) is 3.79. The van der Waals surface area contributed by atoms with Gasteiger partial charge in [-0.3, -0.25) is 14.5 Å². The Kier molecular flexibility index (Phi) is 8.63. The van der Waals surface area contributed by atoms with Gasteiger partial charge in [-0.25, -0.2) is 0 Å². The lowest BCUT2D eigenvalue weighted by Crippen LogP contribution is -2.42. The largest absolute Gasteiger partial charge is 0.507 e. The molecule has 1 unspecified atom stereocenters. The SMILES string of the molecule is C=CCOc1cccc(C2/C(=C(/O)c3ccc(OC(C)C)cc3)C(=O)C(=O)N2CCN2CCOCC2)c1. The molecule has 1 atom stereocenters. The highest BCUT2D eigenvalue weighted by molar-refractivity contribution is 6.46. The molecule has 196 valence electrons. The molecule has 2 aromatic rings. The zero-order chi connectivity index (χ0) is 26.4. The number of aliphatic hydroxyl groups excluding tert-OH is 1. The van der Waals surface area contributed by atoms with Gasteiger partial charge in [0.15, 0.2) is 0 Å². The molecule has 8 nitrogen and oxygen atoms in total. The van der Waals surface area contributed by atoms with E-state index in [1.165, 1.54) is 0 Å². The van der Waals surface area contributed by atoms with Gasteiger partial charge >= 0.3 is 0 Å². The lowest BCUT2D eigenvalue weighted by molar-refractivity contribution is -0.140. The fraction of sp³-hybridized carbons (Fsp3) is 0.379. The van der Waals surface area contributed by atoms with Gasteiger partial charge in [-0.05, 0) is 55.8 Å². The zero-order valence-corrected chi connectivity index (χ0v) is 21.4. The Morgan fingerprint density at radius 1 is 1.11 bits per heavy atom. The van der Waals surface area contributed by atoms with Gasteiger partial charge in [0, 0.05) is 31.7 Å². The Balaban J connectivity index is 1.71. The molecule has 2 aliphatic heterocycles. The second kappa shape index (κ2) is 12.1. The van der Waals surface area contributed by atoms with Crippen LogP contribution in [0, 0.1) is 0 Å². The van der Waals surface area contributed by atoms with Crippen LogP contribution in [0.3, 0.4) is 0 Å². The summed E-state index contributed by atoms with van der Waals surface area (Å²) in [6, 6.07) is 13.4. The van der Waals surface area contributed by atoms with Crippen LogP contribution in [0.4, 0.5) is 0 Å². The minimum atomic E-state index is -0.750. The molecule has 0 aromatic heterocycles. The monoisotopic (exact) mass is 506 g/mol. The lowest BCUT2D eigenvalue weighted by atomic mass is 9.95. The van der Waals surface area contributed by atoms with E-state index in [9.17, 15) is 14.7 Å². The van der Waals surface area contributed by atoms with Crippen molar-refractivity contribution in [3.63, 3.8) is 0 Å². The van der Waals surface area contributed by atoms with E-state index in [0.29, 0.717) is 55.5 Å². The quantitative estimate of drug-likeness (QED) is 0.227. The summed E-state index contributed by atoms with van der Waals surface area (Å²) in [7, 11) is 0. The number of carbonyl (C=O) groups excluding carboxylic acids is 2. The molecule has 1 N–H and O–H groups in total. The van der Waals surface area contributed by atoms with Crippen LogP contribution in [0.25, 0.3) is 5.76 Å². The highest BCUT2D eigenvalue weighted by Gasteiger charge is 2.46. The van der Waals surface area contributed by atoms with Crippen molar-refractivity contribution in [1.29, 1.82) is 0 Å². The number of likely N-dealkylation sites (tertiary alicyclic amines) is 1. The van der Waals surface area contributed by atoms with Gasteiger partial charge in [0.25, 0.3) is 11.7 Å². The van der Waals surface area contributed by atoms with Crippen molar-refractivity contribution in [2.75, 3.05) is 46.0 Å². The van der Waals surface area contributed by atoms with Crippen LogP contribution >= 0.6 is 0 Å². The number of carbonyl (C=O) groups is 2. The van der Waals surface area contributed by atoms with Crippen molar-refractivity contribution in [3.05, 3.63) is 77.9 Å². The second-order valence-electron chi connectivity index (χ2n) is 9.31. The van der Waals surface area contributed by atoms with Gasteiger partial charge in [0.05, 0.1) is 30.9 Å². The Morgan fingerprint density at radius 3 is 2.51 bits per heavy atom. The summed E-state index contributed by atoms with van der Waals surface area (Å²) in [6.45, 7) is 11.6. The minimum absolute atomic E-state index is 0.00632. The molecule has 2 saturated heterocycles. The molecule has 2 fully saturated rings. The van der Waals surface area contributed by atoms with E-state index in [-0.39, 0.29) is 17.4 Å². The fourth-order valence-corrected chi connectivity index (χ4v) is 4.58. The van der Waals surface area contributed by atoms with Crippen LogP contribution < -0.4 is 9.47 Å². The molecule has 4 rings (SSSR count). The molecule has 0 radical (unpaired) electrons. The van der Waals surface area contributed by atoms with E-state index >= 15 is 0 Å². The summed E-state index contributed by atoms with van der Waals surface area (Å²) in [5.74, 6) is -0.306. The highest BCUT2D eigenvalue weighted by atomic mass is 16.5. The summed E-state index contributed by atoms with van der Waals surface area (Å²) in [6.07, 6.45) is 1.65. The van der Waals surface area contributed by atoms with E-state index in [0.717, 1.165) is 13.1 Å². The van der Waals surface area contributed by atoms with Crippen LogP contribution in [-0.4, -0.2) is 78.7 Å². The van der Waals surface area contributed by atoms with Crippen molar-refractivity contribution in [2.24, 2.45) is 0 Å². The average Bonchev–Trinajstić information content (AvgIpc) is 3.16. The summed E-state index contributed by atoms with van der Waals surface area (Å²) >= 11 is 0. The molecule has 2 aromatic carbocycles. The number of ketones is 1. The van der Waals surface area contributed by atoms with E-state index in [2.05, 4.69) is 11.5 Å². The first-order valence-electron chi connectivity index (χ1n) is 12.6. The predicted molar refractivity (Wildman–Crippen MR) is 141 cm³/mol. The van der Waals surface area contributed by atoms with Crippen LogP contribution in [0.5, 0.6) is 11.5 Å². The van der Waals surface area contributed by atoms with Crippen molar-refractivity contribution in [1.82, 2.24) is 9.80 Å². The molecular weight excluding hydrogens is 472 g/mol. The molecule has 0 aliphatic carbocycles. The normalized spacial score (nSPS) is 19.9. The van der Waals surface area contributed by atoms with Gasteiger partial charge in [0.2, 0.25) is 0 Å². The van der Waals surface area contributed by atoms with Crippen LogP contribution in [0.2, 0.25) is 0 Å². The molecule has 1 amide bonds. The summed E-state index contributed by atoms with van der Waals surface area (Å²) < 4.78 is 16.8. The maximum Gasteiger partial charge on any atom is 0.295 e. The minimum Gasteiger partial charge on any atom is -0.507 e. The third kappa shape index (κ3) is 6.21. The molecule has 2 aliphatic rings. The maximum atomic E-state index is 13.3. The first-order valence-corrected chi connectivity index (χ1v) is 12.6. The number of nitrogens with zero attached hydrogens (tertiary/aromatic N) is 2. The molecule has 0 bridgehead atoms. The van der Waals surface area contributed by atoms with Crippen LogP contribution in [0.1, 0.15) is 31.0 Å². The lowest BCUT2D eigenvalue weighted by Gasteiger charge is -2.31.